The third kappa shape index (κ3) is 4.34. The number of furan rings is 1. The molecule has 0 bridgehead atoms. The fourth-order valence-electron chi connectivity index (χ4n) is 4.04. The Morgan fingerprint density at radius 1 is 0.971 bits per heavy atom. The number of methoxy groups -OCH3 is 2. The zero-order valence-electron chi connectivity index (χ0n) is 18.7. The zero-order chi connectivity index (χ0) is 23.5. The van der Waals surface area contributed by atoms with Crippen LogP contribution in [0.5, 0.6) is 11.5 Å². The van der Waals surface area contributed by atoms with E-state index in [0.717, 1.165) is 27.1 Å². The lowest BCUT2D eigenvalue weighted by Crippen LogP contribution is -2.29. The minimum absolute atomic E-state index is 0.217. The molecule has 1 fully saturated rings. The van der Waals surface area contributed by atoms with Crippen LogP contribution in [0.25, 0.3) is 0 Å². The van der Waals surface area contributed by atoms with Crippen LogP contribution in [0, 0.1) is 0 Å². The number of pyridine rings is 1. The number of hydrogen-bond acceptors (Lipinski definition) is 6. The van der Waals surface area contributed by atoms with Crippen molar-refractivity contribution >= 4 is 34.8 Å². The smallest absolute Gasteiger partial charge is 0.174 e. The van der Waals surface area contributed by atoms with E-state index in [1.165, 1.54) is 0 Å². The van der Waals surface area contributed by atoms with Gasteiger partial charge in [-0.25, -0.2) is 0 Å². The van der Waals surface area contributed by atoms with E-state index in [9.17, 15) is 0 Å². The lowest BCUT2D eigenvalue weighted by Gasteiger charge is -2.27. The molecule has 0 saturated carbocycles. The SMILES string of the molecule is COc1ccc(OC)c(N2C(=S)NC(c3ccccn3)C2c2ccc(Sc3ccccc3)o2)c1. The molecule has 1 aliphatic heterocycles. The molecule has 2 unspecified atom stereocenters. The highest BCUT2D eigenvalue weighted by atomic mass is 32.2. The standard InChI is InChI=1S/C26H23N3O3S2/c1-30-17-11-12-21(31-2)20(16-17)29-25(24(28-26(29)33)19-10-6-7-15-27-19)22-13-14-23(32-22)34-18-8-4-3-5-9-18/h3-16,24-25H,1-2H3,(H,28,33). The molecule has 34 heavy (non-hydrogen) atoms. The summed E-state index contributed by atoms with van der Waals surface area (Å²) >= 11 is 7.40. The highest BCUT2D eigenvalue weighted by Crippen LogP contribution is 2.46. The topological polar surface area (TPSA) is 59.8 Å². The number of hydrogen-bond donors (Lipinski definition) is 1. The van der Waals surface area contributed by atoms with Crippen LogP contribution in [0.4, 0.5) is 5.69 Å². The third-order valence-corrected chi connectivity index (χ3v) is 6.84. The summed E-state index contributed by atoms with van der Waals surface area (Å²) in [5, 5.41) is 4.81. The van der Waals surface area contributed by atoms with Gasteiger partial charge in [0.25, 0.3) is 0 Å². The Labute approximate surface area is 207 Å². The molecule has 6 nitrogen and oxygen atoms in total. The molecule has 5 rings (SSSR count). The summed E-state index contributed by atoms with van der Waals surface area (Å²) in [7, 11) is 3.28. The molecule has 0 amide bonds. The summed E-state index contributed by atoms with van der Waals surface area (Å²) in [5.41, 5.74) is 1.66. The molecule has 1 aliphatic rings. The van der Waals surface area contributed by atoms with Crippen molar-refractivity contribution in [3.8, 4) is 11.5 Å². The second kappa shape index (κ2) is 9.79. The number of aromatic nitrogens is 1. The Kier molecular flexibility index (Phi) is 6.42. The van der Waals surface area contributed by atoms with Crippen molar-refractivity contribution in [1.82, 2.24) is 10.3 Å². The quantitative estimate of drug-likeness (QED) is 0.316. The number of nitrogens with one attached hydrogen (secondary N) is 1. The molecule has 0 aliphatic carbocycles. The first kappa shape index (κ1) is 22.3. The van der Waals surface area contributed by atoms with Crippen molar-refractivity contribution in [2.24, 2.45) is 0 Å². The maximum absolute atomic E-state index is 6.38. The van der Waals surface area contributed by atoms with Gasteiger partial charge in [-0.3, -0.25) is 4.98 Å². The van der Waals surface area contributed by atoms with Gasteiger partial charge in [0.15, 0.2) is 10.2 Å². The van der Waals surface area contributed by atoms with Crippen LogP contribution in [-0.4, -0.2) is 24.3 Å². The third-order valence-electron chi connectivity index (χ3n) is 5.60. The number of rotatable bonds is 7. The normalized spacial score (nSPS) is 17.5. The Bertz CT molecular complexity index is 1280. The van der Waals surface area contributed by atoms with E-state index in [4.69, 9.17) is 26.1 Å². The Morgan fingerprint density at radius 3 is 2.53 bits per heavy atom. The number of thiocarbonyl (C=S) groups is 1. The van der Waals surface area contributed by atoms with Crippen molar-refractivity contribution in [2.45, 2.75) is 22.1 Å². The van der Waals surface area contributed by atoms with Crippen LogP contribution in [0.3, 0.4) is 0 Å². The molecule has 2 atom stereocenters. The number of nitrogens with zero attached hydrogens (tertiary/aromatic N) is 2. The summed E-state index contributed by atoms with van der Waals surface area (Å²) in [4.78, 5) is 7.73. The van der Waals surface area contributed by atoms with Gasteiger partial charge in [-0.15, -0.1) is 0 Å². The predicted octanol–water partition coefficient (Wildman–Crippen LogP) is 6.02. The zero-order valence-corrected chi connectivity index (χ0v) is 20.3. The van der Waals surface area contributed by atoms with Crippen molar-refractivity contribution in [1.29, 1.82) is 0 Å². The van der Waals surface area contributed by atoms with Crippen LogP contribution >= 0.6 is 24.0 Å². The summed E-state index contributed by atoms with van der Waals surface area (Å²) < 4.78 is 17.5. The molecule has 0 spiro atoms. The second-order valence-electron chi connectivity index (χ2n) is 7.61. The lowest BCUT2D eigenvalue weighted by molar-refractivity contribution is 0.379. The van der Waals surface area contributed by atoms with Crippen LogP contribution in [-0.2, 0) is 0 Å². The summed E-state index contributed by atoms with van der Waals surface area (Å²) in [6.07, 6.45) is 1.78. The van der Waals surface area contributed by atoms with Crippen molar-refractivity contribution in [3.63, 3.8) is 0 Å². The number of ether oxygens (including phenoxy) is 2. The Morgan fingerprint density at radius 2 is 1.79 bits per heavy atom. The summed E-state index contributed by atoms with van der Waals surface area (Å²) in [6.45, 7) is 0. The van der Waals surface area contributed by atoms with Gasteiger partial charge in [0.05, 0.1) is 31.6 Å². The van der Waals surface area contributed by atoms with E-state index in [1.807, 2.05) is 71.6 Å². The van der Waals surface area contributed by atoms with E-state index in [0.29, 0.717) is 16.6 Å². The number of benzene rings is 2. The van der Waals surface area contributed by atoms with Gasteiger partial charge in [-0.05, 0) is 60.7 Å². The van der Waals surface area contributed by atoms with Crippen molar-refractivity contribution in [3.05, 3.63) is 96.5 Å². The highest BCUT2D eigenvalue weighted by Gasteiger charge is 2.43. The van der Waals surface area contributed by atoms with Gasteiger partial charge < -0.3 is 24.1 Å². The molecule has 2 aromatic heterocycles. The van der Waals surface area contributed by atoms with Gasteiger partial charge in [-0.1, -0.05) is 36.0 Å². The molecular weight excluding hydrogens is 466 g/mol. The maximum atomic E-state index is 6.38. The van der Waals surface area contributed by atoms with E-state index in [-0.39, 0.29) is 12.1 Å². The monoisotopic (exact) mass is 489 g/mol. The van der Waals surface area contributed by atoms with Gasteiger partial charge in [0.1, 0.15) is 23.3 Å². The molecule has 8 heteroatoms. The average molecular weight is 490 g/mol. The Hall–Kier alpha value is -3.49. The average Bonchev–Trinajstić information content (AvgIpc) is 3.48. The fourth-order valence-corrected chi connectivity index (χ4v) is 5.18. The first-order chi connectivity index (χ1) is 16.7. The Balaban J connectivity index is 1.58. The fraction of sp³-hybridized carbons (Fsp3) is 0.154. The van der Waals surface area contributed by atoms with Crippen molar-refractivity contribution in [2.75, 3.05) is 19.1 Å². The van der Waals surface area contributed by atoms with Gasteiger partial charge in [0, 0.05) is 17.2 Å². The van der Waals surface area contributed by atoms with Crippen molar-refractivity contribution < 1.29 is 13.9 Å². The molecule has 4 aromatic rings. The van der Waals surface area contributed by atoms with Gasteiger partial charge in [0.2, 0.25) is 0 Å². The summed E-state index contributed by atoms with van der Waals surface area (Å²) in [5.74, 6) is 2.16. The highest BCUT2D eigenvalue weighted by molar-refractivity contribution is 7.99. The van der Waals surface area contributed by atoms with E-state index in [1.54, 1.807) is 32.2 Å². The lowest BCUT2D eigenvalue weighted by atomic mass is 10.0. The molecule has 0 radical (unpaired) electrons. The molecule has 2 aromatic carbocycles. The molecule has 1 N–H and O–H groups in total. The summed E-state index contributed by atoms with van der Waals surface area (Å²) in [6, 6.07) is 25.2. The minimum Gasteiger partial charge on any atom is -0.497 e. The van der Waals surface area contributed by atoms with Crippen LogP contribution < -0.4 is 19.7 Å². The first-order valence-electron chi connectivity index (χ1n) is 10.7. The molecule has 172 valence electrons. The van der Waals surface area contributed by atoms with E-state index in [2.05, 4.69) is 22.4 Å². The number of anilines is 1. The molecule has 1 saturated heterocycles. The second-order valence-corrected chi connectivity index (χ2v) is 9.07. The van der Waals surface area contributed by atoms with Gasteiger partial charge in [-0.2, -0.15) is 0 Å². The largest absolute Gasteiger partial charge is 0.497 e. The molecule has 3 heterocycles. The van der Waals surface area contributed by atoms with E-state index < -0.39 is 0 Å². The van der Waals surface area contributed by atoms with Crippen LogP contribution in [0.1, 0.15) is 23.5 Å². The van der Waals surface area contributed by atoms with Crippen LogP contribution in [0.2, 0.25) is 0 Å². The minimum atomic E-state index is -0.284. The molecular formula is C26H23N3O3S2. The first-order valence-corrected chi connectivity index (χ1v) is 12.0. The predicted molar refractivity (Wildman–Crippen MR) is 137 cm³/mol. The van der Waals surface area contributed by atoms with Gasteiger partial charge >= 0.3 is 0 Å². The van der Waals surface area contributed by atoms with Crippen LogP contribution in [0.15, 0.2) is 99.5 Å². The van der Waals surface area contributed by atoms with E-state index >= 15 is 0 Å². The maximum Gasteiger partial charge on any atom is 0.174 e.